The van der Waals surface area contributed by atoms with Crippen LogP contribution in [0.4, 0.5) is 0 Å². The lowest BCUT2D eigenvalue weighted by Gasteiger charge is -2.23. The minimum absolute atomic E-state index is 0.00713. The van der Waals surface area contributed by atoms with Crippen LogP contribution >= 0.6 is 0 Å². The number of nitrogens with zero attached hydrogens (tertiary/aromatic N) is 4. The number of aromatic nitrogens is 2. The summed E-state index contributed by atoms with van der Waals surface area (Å²) >= 11 is 0. The number of carboxylic acids is 2. The summed E-state index contributed by atoms with van der Waals surface area (Å²) in [7, 11) is 0. The highest BCUT2D eigenvalue weighted by molar-refractivity contribution is 5.86. The second-order valence-corrected chi connectivity index (χ2v) is 9.64. The molecule has 1 fully saturated rings. The molecular formula is C29H40N4O8. The van der Waals surface area contributed by atoms with Crippen molar-refractivity contribution in [1.82, 2.24) is 19.8 Å². The van der Waals surface area contributed by atoms with Crippen molar-refractivity contribution >= 4 is 17.5 Å². The van der Waals surface area contributed by atoms with Crippen molar-refractivity contribution in [3.05, 3.63) is 65.2 Å². The molecule has 0 aromatic carbocycles. The molecule has 0 amide bonds. The van der Waals surface area contributed by atoms with Crippen LogP contribution in [0.1, 0.15) is 44.9 Å². The fourth-order valence-corrected chi connectivity index (χ4v) is 4.13. The van der Waals surface area contributed by atoms with Crippen LogP contribution in [0.15, 0.2) is 36.9 Å². The Labute approximate surface area is 240 Å². The third kappa shape index (κ3) is 12.0. The molecule has 1 aliphatic rings. The number of carboxylic acid groups (broad SMARTS) is 2. The smallest absolute Gasteiger partial charge is 0.354 e. The molecule has 1 saturated heterocycles. The van der Waals surface area contributed by atoms with Crippen LogP contribution in [0.5, 0.6) is 0 Å². The molecule has 3 rings (SSSR count). The molecule has 0 unspecified atom stereocenters. The molecule has 2 N–H and O–H groups in total. The average Bonchev–Trinajstić information content (AvgIpc) is 2.94. The van der Waals surface area contributed by atoms with Gasteiger partial charge in [0, 0.05) is 39.3 Å². The summed E-state index contributed by atoms with van der Waals surface area (Å²) in [5.74, 6) is -2.13. The van der Waals surface area contributed by atoms with Gasteiger partial charge in [-0.15, -0.1) is 0 Å². The fraction of sp³-hybridized carbons (Fsp3) is 0.517. The molecule has 12 nitrogen and oxygen atoms in total. The lowest BCUT2D eigenvalue weighted by Crippen LogP contribution is -2.33. The van der Waals surface area contributed by atoms with Gasteiger partial charge >= 0.3 is 11.9 Å². The minimum atomic E-state index is -1.08. The SMILES string of the molecule is C=C(C)c1cc(CN2CCOCCOCCN(Cc3cccc(C(=O)O)n3)CCOCCOCC2)nc(C(=O)O)c1. The second-order valence-electron chi connectivity index (χ2n) is 9.64. The zero-order valence-electron chi connectivity index (χ0n) is 23.6. The predicted octanol–water partition coefficient (Wildman–Crippen LogP) is 2.29. The van der Waals surface area contributed by atoms with Crippen LogP contribution in [0.2, 0.25) is 0 Å². The Kier molecular flexibility index (Phi) is 13.8. The van der Waals surface area contributed by atoms with Gasteiger partial charge in [-0.05, 0) is 36.8 Å². The first kappa shape index (κ1) is 32.3. The number of ether oxygens (including phenoxy) is 4. The first-order valence-electron chi connectivity index (χ1n) is 13.7. The van der Waals surface area contributed by atoms with E-state index in [0.29, 0.717) is 104 Å². The van der Waals surface area contributed by atoms with Crippen LogP contribution < -0.4 is 0 Å². The van der Waals surface area contributed by atoms with E-state index >= 15 is 0 Å². The van der Waals surface area contributed by atoms with E-state index in [2.05, 4.69) is 26.3 Å². The normalized spacial score (nSPS) is 17.8. The average molecular weight is 573 g/mol. The van der Waals surface area contributed by atoms with Crippen molar-refractivity contribution in [1.29, 1.82) is 0 Å². The summed E-state index contributed by atoms with van der Waals surface area (Å²) in [6.07, 6.45) is 0. The van der Waals surface area contributed by atoms with Gasteiger partial charge in [0.25, 0.3) is 0 Å². The number of hydrogen-bond acceptors (Lipinski definition) is 10. The molecule has 0 aliphatic carbocycles. The van der Waals surface area contributed by atoms with Crippen LogP contribution in [0.25, 0.3) is 5.57 Å². The minimum Gasteiger partial charge on any atom is -0.477 e. The van der Waals surface area contributed by atoms with E-state index in [1.165, 1.54) is 12.1 Å². The van der Waals surface area contributed by atoms with Gasteiger partial charge in [-0.25, -0.2) is 19.6 Å². The zero-order valence-corrected chi connectivity index (χ0v) is 23.6. The number of allylic oxidation sites excluding steroid dienone is 1. The van der Waals surface area contributed by atoms with E-state index in [-0.39, 0.29) is 11.4 Å². The summed E-state index contributed by atoms with van der Waals surface area (Å²) in [5.41, 5.74) is 2.85. The van der Waals surface area contributed by atoms with Crippen LogP contribution in [-0.2, 0) is 32.0 Å². The van der Waals surface area contributed by atoms with E-state index in [1.54, 1.807) is 6.07 Å². The Balaban J connectivity index is 1.53. The Bertz CT molecular complexity index is 1090. The molecule has 0 atom stereocenters. The standard InChI is InChI=1S/C29H40N4O8/c1-22(2)23-18-25(31-27(19-23)29(36)37)21-33-8-12-40-16-14-38-10-6-32(7-11-39-15-17-41-13-9-33)20-24-4-3-5-26(30-24)28(34)35/h3-5,18-19H,1,6-17,20-21H2,2H3,(H,34,35)(H,36,37). The van der Waals surface area contributed by atoms with Gasteiger partial charge in [0.15, 0.2) is 0 Å². The van der Waals surface area contributed by atoms with Gasteiger partial charge in [0.1, 0.15) is 11.4 Å². The van der Waals surface area contributed by atoms with Crippen LogP contribution in [0.3, 0.4) is 0 Å². The Morgan fingerprint density at radius 3 is 1.66 bits per heavy atom. The summed E-state index contributed by atoms with van der Waals surface area (Å²) in [5, 5.41) is 18.7. The zero-order chi connectivity index (χ0) is 29.5. The molecule has 2 aromatic rings. The fourth-order valence-electron chi connectivity index (χ4n) is 4.13. The largest absolute Gasteiger partial charge is 0.477 e. The van der Waals surface area contributed by atoms with Gasteiger partial charge in [0.2, 0.25) is 0 Å². The van der Waals surface area contributed by atoms with Gasteiger partial charge in [-0.1, -0.05) is 18.2 Å². The maximum atomic E-state index is 11.6. The van der Waals surface area contributed by atoms with Crippen LogP contribution in [-0.4, -0.2) is 121 Å². The topological polar surface area (TPSA) is 144 Å². The quantitative estimate of drug-likeness (QED) is 0.502. The van der Waals surface area contributed by atoms with Crippen molar-refractivity contribution in [2.45, 2.75) is 20.0 Å². The third-order valence-electron chi connectivity index (χ3n) is 6.34. The molecule has 0 radical (unpaired) electrons. The lowest BCUT2D eigenvalue weighted by atomic mass is 10.1. The van der Waals surface area contributed by atoms with Gasteiger partial charge < -0.3 is 29.2 Å². The predicted molar refractivity (Wildman–Crippen MR) is 151 cm³/mol. The van der Waals surface area contributed by atoms with Gasteiger partial charge in [-0.2, -0.15) is 0 Å². The maximum Gasteiger partial charge on any atom is 0.354 e. The molecule has 0 saturated carbocycles. The van der Waals surface area contributed by atoms with E-state index in [4.69, 9.17) is 18.9 Å². The molecule has 0 spiro atoms. The van der Waals surface area contributed by atoms with E-state index in [9.17, 15) is 19.8 Å². The first-order valence-corrected chi connectivity index (χ1v) is 13.7. The van der Waals surface area contributed by atoms with E-state index in [1.807, 2.05) is 19.1 Å². The van der Waals surface area contributed by atoms with Crippen molar-refractivity contribution in [2.75, 3.05) is 79.0 Å². The molecule has 224 valence electrons. The first-order chi connectivity index (χ1) is 19.8. The van der Waals surface area contributed by atoms with Gasteiger partial charge in [0.05, 0.1) is 64.2 Å². The molecule has 12 heteroatoms. The highest BCUT2D eigenvalue weighted by Crippen LogP contribution is 2.16. The Hall–Kier alpha value is -3.26. The molecule has 41 heavy (non-hydrogen) atoms. The highest BCUT2D eigenvalue weighted by Gasteiger charge is 2.14. The molecule has 0 bridgehead atoms. The molecule has 3 heterocycles. The second kappa shape index (κ2) is 17.5. The number of pyridine rings is 2. The maximum absolute atomic E-state index is 11.6. The van der Waals surface area contributed by atoms with Crippen molar-refractivity contribution in [3.8, 4) is 0 Å². The molecule has 1 aliphatic heterocycles. The summed E-state index contributed by atoms with van der Waals surface area (Å²) in [6, 6.07) is 8.38. The summed E-state index contributed by atoms with van der Waals surface area (Å²) < 4.78 is 23.1. The van der Waals surface area contributed by atoms with Crippen molar-refractivity contribution in [3.63, 3.8) is 0 Å². The van der Waals surface area contributed by atoms with Gasteiger partial charge in [-0.3, -0.25) is 9.80 Å². The number of hydrogen-bond donors (Lipinski definition) is 2. The number of rotatable bonds is 7. The summed E-state index contributed by atoms with van der Waals surface area (Å²) in [6.45, 7) is 12.8. The van der Waals surface area contributed by atoms with Crippen molar-refractivity contribution < 1.29 is 38.7 Å². The molecular weight excluding hydrogens is 532 g/mol. The highest BCUT2D eigenvalue weighted by atomic mass is 16.5. The third-order valence-corrected chi connectivity index (χ3v) is 6.34. The van der Waals surface area contributed by atoms with E-state index < -0.39 is 11.9 Å². The Morgan fingerprint density at radius 2 is 1.20 bits per heavy atom. The van der Waals surface area contributed by atoms with Crippen molar-refractivity contribution in [2.24, 2.45) is 0 Å². The Morgan fingerprint density at radius 1 is 0.732 bits per heavy atom. The van der Waals surface area contributed by atoms with E-state index in [0.717, 1.165) is 11.1 Å². The lowest BCUT2D eigenvalue weighted by molar-refractivity contribution is 0.00597. The number of carbonyl (C=O) groups is 2. The number of aromatic carboxylic acids is 2. The monoisotopic (exact) mass is 572 g/mol. The van der Waals surface area contributed by atoms with Crippen LogP contribution in [0, 0.1) is 0 Å². The molecule has 2 aromatic heterocycles. The summed E-state index contributed by atoms with van der Waals surface area (Å²) in [4.78, 5) is 35.6.